The summed E-state index contributed by atoms with van der Waals surface area (Å²) in [5, 5.41) is 3.90. The van der Waals surface area contributed by atoms with Crippen LogP contribution in [0.5, 0.6) is 0 Å². The van der Waals surface area contributed by atoms with Gasteiger partial charge in [0.1, 0.15) is 0 Å². The lowest BCUT2D eigenvalue weighted by Gasteiger charge is -2.21. The number of fused-ring (bicyclic) bond motifs is 2. The first kappa shape index (κ1) is 15.4. The quantitative estimate of drug-likeness (QED) is 0.769. The molecule has 2 aromatic heterocycles. The second kappa shape index (κ2) is 6.16. The molecule has 0 unspecified atom stereocenters. The van der Waals surface area contributed by atoms with Crippen molar-refractivity contribution in [2.45, 2.75) is 6.42 Å². The zero-order valence-corrected chi connectivity index (χ0v) is 14.5. The van der Waals surface area contributed by atoms with Gasteiger partial charge in [0, 0.05) is 36.9 Å². The number of rotatable bonds is 5. The number of carbonyl (C=O) groups excluding carboxylic acids is 1. The van der Waals surface area contributed by atoms with Gasteiger partial charge in [-0.25, -0.2) is 0 Å². The Bertz CT molecular complexity index is 892. The van der Waals surface area contributed by atoms with E-state index in [9.17, 15) is 4.79 Å². The summed E-state index contributed by atoms with van der Waals surface area (Å²) in [5.41, 5.74) is 1.97. The third kappa shape index (κ3) is 2.73. The Labute approximate surface area is 152 Å². The van der Waals surface area contributed by atoms with E-state index in [-0.39, 0.29) is 5.91 Å². The van der Waals surface area contributed by atoms with Crippen molar-refractivity contribution in [1.82, 2.24) is 10.3 Å². The molecule has 1 aliphatic heterocycles. The molecule has 0 spiro atoms. The number of nitrogens with one attached hydrogen (secondary N) is 1. The number of hydrogen-bond acceptors (Lipinski definition) is 4. The van der Waals surface area contributed by atoms with Crippen LogP contribution in [0.25, 0.3) is 11.0 Å². The molecule has 5 rings (SSSR count). The highest BCUT2D eigenvalue weighted by Gasteiger charge is 2.54. The first-order chi connectivity index (χ1) is 12.8. The van der Waals surface area contributed by atoms with Gasteiger partial charge in [-0.2, -0.15) is 0 Å². The van der Waals surface area contributed by atoms with Crippen LogP contribution in [0.4, 0.5) is 5.69 Å². The van der Waals surface area contributed by atoms with E-state index in [1.54, 1.807) is 18.5 Å². The molecule has 5 heteroatoms. The van der Waals surface area contributed by atoms with Crippen LogP contribution in [-0.4, -0.2) is 30.5 Å². The van der Waals surface area contributed by atoms with E-state index < -0.39 is 0 Å². The molecular formula is C21H21N3O2. The Balaban J connectivity index is 1.11. The lowest BCUT2D eigenvalue weighted by atomic mass is 10.2. The standard InChI is InChI=1S/C21H21N3O2/c25-21(19-10-14-6-8-22-11-20(14)26-19)23-9-7-16-17-12-24(13-18(16)17)15-4-2-1-3-5-15/h1-6,8,10-11,16-18H,7,9,12-13H2,(H,23,25)/t16-,17-,18+. The van der Waals surface area contributed by atoms with Gasteiger partial charge < -0.3 is 14.6 Å². The fraction of sp³-hybridized carbons (Fsp3) is 0.333. The molecule has 132 valence electrons. The van der Waals surface area contributed by atoms with Crippen LogP contribution >= 0.6 is 0 Å². The number of benzene rings is 1. The second-order valence-corrected chi connectivity index (χ2v) is 7.30. The third-order valence-electron chi connectivity index (χ3n) is 5.80. The molecule has 1 aromatic carbocycles. The molecule has 1 aliphatic carbocycles. The van der Waals surface area contributed by atoms with E-state index in [1.165, 1.54) is 5.69 Å². The molecule has 0 radical (unpaired) electrons. The summed E-state index contributed by atoms with van der Waals surface area (Å²) < 4.78 is 5.56. The van der Waals surface area contributed by atoms with Gasteiger partial charge in [-0.3, -0.25) is 9.78 Å². The van der Waals surface area contributed by atoms with Crippen LogP contribution in [0.15, 0.2) is 59.3 Å². The maximum Gasteiger partial charge on any atom is 0.287 e. The predicted octanol–water partition coefficient (Wildman–Crippen LogP) is 3.33. The van der Waals surface area contributed by atoms with Crippen molar-refractivity contribution >= 4 is 22.6 Å². The van der Waals surface area contributed by atoms with Crippen LogP contribution in [0, 0.1) is 17.8 Å². The highest BCUT2D eigenvalue weighted by Crippen LogP contribution is 2.54. The van der Waals surface area contributed by atoms with Crippen molar-refractivity contribution in [2.75, 3.05) is 24.5 Å². The predicted molar refractivity (Wildman–Crippen MR) is 100 cm³/mol. The first-order valence-electron chi connectivity index (χ1n) is 9.21. The Kier molecular flexibility index (Phi) is 3.66. The molecular weight excluding hydrogens is 326 g/mol. The zero-order valence-electron chi connectivity index (χ0n) is 14.5. The van der Waals surface area contributed by atoms with Crippen molar-refractivity contribution in [2.24, 2.45) is 17.8 Å². The average molecular weight is 347 g/mol. The van der Waals surface area contributed by atoms with E-state index in [4.69, 9.17) is 4.42 Å². The van der Waals surface area contributed by atoms with E-state index in [0.29, 0.717) is 17.9 Å². The van der Waals surface area contributed by atoms with Gasteiger partial charge in [0.05, 0.1) is 6.20 Å². The number of furan rings is 1. The fourth-order valence-corrected chi connectivity index (χ4v) is 4.36. The summed E-state index contributed by atoms with van der Waals surface area (Å²) in [6, 6.07) is 14.2. The largest absolute Gasteiger partial charge is 0.449 e. The van der Waals surface area contributed by atoms with Gasteiger partial charge in [0.25, 0.3) is 5.91 Å². The highest BCUT2D eigenvalue weighted by molar-refractivity contribution is 5.95. The molecule has 2 fully saturated rings. The molecule has 3 aromatic rings. The number of nitrogens with zero attached hydrogens (tertiary/aromatic N) is 2. The van der Waals surface area contributed by atoms with Gasteiger partial charge in [-0.1, -0.05) is 18.2 Å². The number of aromatic nitrogens is 1. The second-order valence-electron chi connectivity index (χ2n) is 7.30. The number of pyridine rings is 1. The van der Waals surface area contributed by atoms with Crippen molar-refractivity contribution in [3.8, 4) is 0 Å². The Hall–Kier alpha value is -2.82. The highest BCUT2D eigenvalue weighted by atomic mass is 16.3. The first-order valence-corrected chi connectivity index (χ1v) is 9.21. The molecule has 1 saturated heterocycles. The Morgan fingerprint density at radius 2 is 2.00 bits per heavy atom. The minimum absolute atomic E-state index is 0.141. The molecule has 3 atom stereocenters. The topological polar surface area (TPSA) is 58.4 Å². The number of piperidine rings is 1. The van der Waals surface area contributed by atoms with Crippen LogP contribution in [0.1, 0.15) is 17.0 Å². The summed E-state index contributed by atoms with van der Waals surface area (Å²) in [7, 11) is 0. The summed E-state index contributed by atoms with van der Waals surface area (Å²) in [6.07, 6.45) is 4.38. The molecule has 3 heterocycles. The van der Waals surface area contributed by atoms with E-state index in [2.05, 4.69) is 45.5 Å². The number of carbonyl (C=O) groups is 1. The lowest BCUT2D eigenvalue weighted by Crippen LogP contribution is -2.27. The molecule has 1 amide bonds. The van der Waals surface area contributed by atoms with Gasteiger partial charge in [-0.05, 0) is 48.4 Å². The number of anilines is 1. The lowest BCUT2D eigenvalue weighted by molar-refractivity contribution is 0.0926. The maximum absolute atomic E-state index is 12.3. The van der Waals surface area contributed by atoms with E-state index in [1.807, 2.05) is 6.07 Å². The molecule has 1 N–H and O–H groups in total. The monoisotopic (exact) mass is 347 g/mol. The average Bonchev–Trinajstić information content (AvgIpc) is 3.07. The Morgan fingerprint density at radius 3 is 2.77 bits per heavy atom. The molecule has 5 nitrogen and oxygen atoms in total. The van der Waals surface area contributed by atoms with Gasteiger partial charge in [0.15, 0.2) is 11.3 Å². The van der Waals surface area contributed by atoms with Crippen LogP contribution in [0.3, 0.4) is 0 Å². The van der Waals surface area contributed by atoms with Gasteiger partial charge in [-0.15, -0.1) is 0 Å². The summed E-state index contributed by atoms with van der Waals surface area (Å²) >= 11 is 0. The van der Waals surface area contributed by atoms with E-state index >= 15 is 0 Å². The summed E-state index contributed by atoms with van der Waals surface area (Å²) in [4.78, 5) is 18.8. The molecule has 2 aliphatic rings. The van der Waals surface area contributed by atoms with E-state index in [0.717, 1.165) is 42.7 Å². The molecule has 26 heavy (non-hydrogen) atoms. The molecule has 1 saturated carbocycles. The van der Waals surface area contributed by atoms with Crippen LogP contribution in [-0.2, 0) is 0 Å². The molecule has 0 bridgehead atoms. The summed E-state index contributed by atoms with van der Waals surface area (Å²) in [5.74, 6) is 2.53. The maximum atomic E-state index is 12.3. The summed E-state index contributed by atoms with van der Waals surface area (Å²) in [6.45, 7) is 2.99. The van der Waals surface area contributed by atoms with Gasteiger partial charge in [0.2, 0.25) is 0 Å². The Morgan fingerprint density at radius 1 is 1.19 bits per heavy atom. The van der Waals surface area contributed by atoms with Crippen LogP contribution in [0.2, 0.25) is 0 Å². The SMILES string of the molecule is O=C(NCC[C@@H]1[C@H]2CN(c3ccccc3)C[C@@H]12)c1cc2ccncc2o1. The fourth-order valence-electron chi connectivity index (χ4n) is 4.36. The van der Waals surface area contributed by atoms with Crippen molar-refractivity contribution in [3.63, 3.8) is 0 Å². The van der Waals surface area contributed by atoms with Crippen molar-refractivity contribution in [1.29, 1.82) is 0 Å². The number of amides is 1. The number of hydrogen-bond donors (Lipinski definition) is 1. The van der Waals surface area contributed by atoms with Crippen molar-refractivity contribution in [3.05, 3.63) is 60.6 Å². The number of para-hydroxylation sites is 1. The minimum atomic E-state index is -0.141. The smallest absolute Gasteiger partial charge is 0.287 e. The normalized spacial score (nSPS) is 23.8. The third-order valence-corrected chi connectivity index (χ3v) is 5.80. The minimum Gasteiger partial charge on any atom is -0.449 e. The van der Waals surface area contributed by atoms with Crippen molar-refractivity contribution < 1.29 is 9.21 Å². The zero-order chi connectivity index (χ0) is 17.5. The van der Waals surface area contributed by atoms with Gasteiger partial charge >= 0.3 is 0 Å². The van der Waals surface area contributed by atoms with Crippen LogP contribution < -0.4 is 10.2 Å².